The Morgan fingerprint density at radius 3 is 2.05 bits per heavy atom. The van der Waals surface area contributed by atoms with Crippen LogP contribution in [0.2, 0.25) is 0 Å². The van der Waals surface area contributed by atoms with Crippen molar-refractivity contribution in [2.45, 2.75) is 33.5 Å². The van der Waals surface area contributed by atoms with Crippen molar-refractivity contribution in [3.63, 3.8) is 0 Å². The molecule has 0 unspecified atom stereocenters. The first-order valence-corrected chi connectivity index (χ1v) is 6.15. The number of ether oxygens (including phenoxy) is 1. The van der Waals surface area contributed by atoms with E-state index in [1.807, 2.05) is 13.8 Å². The fourth-order valence-electron chi connectivity index (χ4n) is 1.76. The van der Waals surface area contributed by atoms with E-state index in [0.717, 1.165) is 12.1 Å². The van der Waals surface area contributed by atoms with Crippen molar-refractivity contribution < 1.29 is 17.9 Å². The Labute approximate surface area is 113 Å². The standard InChI is InChI=1S/C12H16F3NO.C2H6/c1-8-5-10(12(13,14)15)6-9(7-16(2)3)11(8)17-4;1-2/h5-6H,7H2,1-4H3;1-2H3. The maximum absolute atomic E-state index is 12.7. The number of hydrogen-bond acceptors (Lipinski definition) is 2. The zero-order valence-corrected chi connectivity index (χ0v) is 12.4. The molecular formula is C14H22F3NO. The van der Waals surface area contributed by atoms with Gasteiger partial charge in [-0.25, -0.2) is 0 Å². The van der Waals surface area contributed by atoms with Crippen molar-refractivity contribution in [3.8, 4) is 5.75 Å². The number of aryl methyl sites for hydroxylation is 1. The first-order chi connectivity index (χ1) is 8.75. The van der Waals surface area contributed by atoms with Crippen LogP contribution in [-0.2, 0) is 12.7 Å². The molecule has 0 radical (unpaired) electrons. The summed E-state index contributed by atoms with van der Waals surface area (Å²) in [4.78, 5) is 1.80. The first kappa shape index (κ1) is 17.8. The second kappa shape index (κ2) is 7.38. The van der Waals surface area contributed by atoms with E-state index in [1.54, 1.807) is 25.9 Å². The number of nitrogens with zero attached hydrogens (tertiary/aromatic N) is 1. The second-order valence-electron chi connectivity index (χ2n) is 4.22. The smallest absolute Gasteiger partial charge is 0.416 e. The predicted molar refractivity (Wildman–Crippen MR) is 71.5 cm³/mol. The molecule has 0 amide bonds. The number of alkyl halides is 3. The average molecular weight is 277 g/mol. The van der Waals surface area contributed by atoms with Crippen molar-refractivity contribution in [2.24, 2.45) is 0 Å². The fraction of sp³-hybridized carbons (Fsp3) is 0.571. The molecule has 0 spiro atoms. The summed E-state index contributed by atoms with van der Waals surface area (Å²) >= 11 is 0. The van der Waals surface area contributed by atoms with Gasteiger partial charge in [-0.15, -0.1) is 0 Å². The molecule has 0 bridgehead atoms. The molecule has 0 aromatic heterocycles. The van der Waals surface area contributed by atoms with Gasteiger partial charge in [0.25, 0.3) is 0 Å². The summed E-state index contributed by atoms with van der Waals surface area (Å²) in [6.07, 6.45) is -4.32. The third-order valence-electron chi connectivity index (χ3n) is 2.37. The third-order valence-corrected chi connectivity index (χ3v) is 2.37. The van der Waals surface area contributed by atoms with Crippen LogP contribution in [-0.4, -0.2) is 26.1 Å². The molecule has 0 atom stereocenters. The van der Waals surface area contributed by atoms with E-state index in [1.165, 1.54) is 7.11 Å². The number of methoxy groups -OCH3 is 1. The van der Waals surface area contributed by atoms with Crippen molar-refractivity contribution in [1.29, 1.82) is 0 Å². The van der Waals surface area contributed by atoms with E-state index in [9.17, 15) is 13.2 Å². The van der Waals surface area contributed by atoms with E-state index in [4.69, 9.17) is 4.74 Å². The summed E-state index contributed by atoms with van der Waals surface area (Å²) < 4.78 is 43.2. The summed E-state index contributed by atoms with van der Waals surface area (Å²) in [7, 11) is 5.07. The van der Waals surface area contributed by atoms with E-state index in [-0.39, 0.29) is 0 Å². The Bertz CT molecular complexity index is 400. The van der Waals surface area contributed by atoms with Crippen LogP contribution in [0.5, 0.6) is 5.75 Å². The lowest BCUT2D eigenvalue weighted by atomic mass is 10.0. The van der Waals surface area contributed by atoms with Crippen molar-refractivity contribution in [2.75, 3.05) is 21.2 Å². The summed E-state index contributed by atoms with van der Waals surface area (Å²) in [5.74, 6) is 0.520. The third kappa shape index (κ3) is 5.11. The lowest BCUT2D eigenvalue weighted by Crippen LogP contribution is -2.14. The Morgan fingerprint density at radius 1 is 1.16 bits per heavy atom. The molecule has 1 rings (SSSR count). The van der Waals surface area contributed by atoms with Gasteiger partial charge >= 0.3 is 6.18 Å². The highest BCUT2D eigenvalue weighted by atomic mass is 19.4. The lowest BCUT2D eigenvalue weighted by Gasteiger charge is -2.18. The van der Waals surface area contributed by atoms with Gasteiger partial charge in [0.2, 0.25) is 0 Å². The summed E-state index contributed by atoms with van der Waals surface area (Å²) in [6, 6.07) is 2.25. The minimum Gasteiger partial charge on any atom is -0.496 e. The van der Waals surface area contributed by atoms with Gasteiger partial charge in [-0.2, -0.15) is 13.2 Å². The Balaban J connectivity index is 0.00000154. The zero-order valence-electron chi connectivity index (χ0n) is 12.4. The molecule has 1 aromatic rings. The van der Waals surface area contributed by atoms with E-state index in [0.29, 0.717) is 23.4 Å². The maximum atomic E-state index is 12.7. The number of rotatable bonds is 3. The minimum absolute atomic E-state index is 0.411. The van der Waals surface area contributed by atoms with Gasteiger partial charge in [-0.05, 0) is 38.7 Å². The van der Waals surface area contributed by atoms with Crippen LogP contribution in [0.4, 0.5) is 13.2 Å². The molecule has 0 fully saturated rings. The van der Waals surface area contributed by atoms with Crippen LogP contribution in [0.15, 0.2) is 12.1 Å². The van der Waals surface area contributed by atoms with Crippen molar-refractivity contribution in [1.82, 2.24) is 4.90 Å². The molecule has 19 heavy (non-hydrogen) atoms. The maximum Gasteiger partial charge on any atom is 0.416 e. The van der Waals surface area contributed by atoms with Gasteiger partial charge in [0.1, 0.15) is 5.75 Å². The Morgan fingerprint density at radius 2 is 1.68 bits per heavy atom. The Kier molecular flexibility index (Phi) is 6.90. The van der Waals surface area contributed by atoms with Gasteiger partial charge in [0.15, 0.2) is 0 Å². The van der Waals surface area contributed by atoms with Gasteiger partial charge in [-0.1, -0.05) is 13.8 Å². The molecule has 5 heteroatoms. The molecule has 0 aliphatic heterocycles. The van der Waals surface area contributed by atoms with Gasteiger partial charge in [0.05, 0.1) is 12.7 Å². The highest BCUT2D eigenvalue weighted by molar-refractivity contribution is 5.44. The summed E-state index contributed by atoms with van der Waals surface area (Å²) in [5, 5.41) is 0. The number of halogens is 3. The van der Waals surface area contributed by atoms with Crippen LogP contribution in [0.3, 0.4) is 0 Å². The molecule has 0 heterocycles. The molecule has 0 saturated carbocycles. The zero-order chi connectivity index (χ0) is 15.2. The van der Waals surface area contributed by atoms with Crippen LogP contribution in [0.25, 0.3) is 0 Å². The molecule has 0 N–H and O–H groups in total. The van der Waals surface area contributed by atoms with Crippen LogP contribution in [0.1, 0.15) is 30.5 Å². The predicted octanol–water partition coefficient (Wildman–Crippen LogP) is 4.11. The number of hydrogen-bond donors (Lipinski definition) is 0. The minimum atomic E-state index is -4.32. The molecule has 0 aliphatic rings. The lowest BCUT2D eigenvalue weighted by molar-refractivity contribution is -0.137. The molecule has 110 valence electrons. The average Bonchev–Trinajstić information content (AvgIpc) is 2.29. The van der Waals surface area contributed by atoms with Gasteiger partial charge in [0, 0.05) is 12.1 Å². The van der Waals surface area contributed by atoms with Crippen LogP contribution in [0, 0.1) is 6.92 Å². The van der Waals surface area contributed by atoms with E-state index >= 15 is 0 Å². The van der Waals surface area contributed by atoms with Crippen molar-refractivity contribution in [3.05, 3.63) is 28.8 Å². The topological polar surface area (TPSA) is 12.5 Å². The first-order valence-electron chi connectivity index (χ1n) is 6.15. The molecule has 1 aromatic carbocycles. The second-order valence-corrected chi connectivity index (χ2v) is 4.22. The van der Waals surface area contributed by atoms with Crippen LogP contribution >= 0.6 is 0 Å². The summed E-state index contributed by atoms with van der Waals surface area (Å²) in [6.45, 7) is 6.03. The van der Waals surface area contributed by atoms with Crippen LogP contribution < -0.4 is 4.74 Å². The SMILES string of the molecule is CC.COc1c(C)cc(C(F)(F)F)cc1CN(C)C. The largest absolute Gasteiger partial charge is 0.496 e. The highest BCUT2D eigenvalue weighted by Gasteiger charge is 2.31. The fourth-order valence-corrected chi connectivity index (χ4v) is 1.76. The monoisotopic (exact) mass is 277 g/mol. The quantitative estimate of drug-likeness (QED) is 0.824. The molecule has 0 aliphatic carbocycles. The summed E-state index contributed by atoms with van der Waals surface area (Å²) in [5.41, 5.74) is 0.414. The van der Waals surface area contributed by atoms with Gasteiger partial charge in [-0.3, -0.25) is 0 Å². The molecular weight excluding hydrogens is 255 g/mol. The molecule has 2 nitrogen and oxygen atoms in total. The van der Waals surface area contributed by atoms with E-state index < -0.39 is 11.7 Å². The van der Waals surface area contributed by atoms with E-state index in [2.05, 4.69) is 0 Å². The number of benzene rings is 1. The Hall–Kier alpha value is -1.23. The normalized spacial score (nSPS) is 11.1. The van der Waals surface area contributed by atoms with Crippen molar-refractivity contribution >= 4 is 0 Å². The van der Waals surface area contributed by atoms with Gasteiger partial charge < -0.3 is 9.64 Å². The molecule has 0 saturated heterocycles. The highest BCUT2D eigenvalue weighted by Crippen LogP contribution is 2.35.